The van der Waals surface area contributed by atoms with Crippen LogP contribution in [0.3, 0.4) is 0 Å². The number of hydrogen-bond acceptors (Lipinski definition) is 3. The lowest BCUT2D eigenvalue weighted by Gasteiger charge is -2.34. The average Bonchev–Trinajstić information content (AvgIpc) is 3.21. The van der Waals surface area contributed by atoms with Crippen molar-refractivity contribution < 1.29 is 9.59 Å². The molecule has 5 nitrogen and oxygen atoms in total. The molecule has 2 aliphatic rings. The van der Waals surface area contributed by atoms with E-state index in [0.29, 0.717) is 25.8 Å². The summed E-state index contributed by atoms with van der Waals surface area (Å²) in [5, 5.41) is 3.05. The van der Waals surface area contributed by atoms with Gasteiger partial charge in [-0.3, -0.25) is 14.6 Å². The zero-order valence-electron chi connectivity index (χ0n) is 15.6. The summed E-state index contributed by atoms with van der Waals surface area (Å²) in [4.78, 5) is 32.3. The Morgan fingerprint density at radius 2 is 2.07 bits per heavy atom. The number of carbonyl (C=O) groups excluding carboxylic acids is 2. The first kappa shape index (κ1) is 17.7. The van der Waals surface area contributed by atoms with Crippen molar-refractivity contribution >= 4 is 17.5 Å². The van der Waals surface area contributed by atoms with E-state index in [0.717, 1.165) is 29.8 Å². The number of rotatable bonds is 5. The fourth-order valence-electron chi connectivity index (χ4n) is 4.70. The van der Waals surface area contributed by atoms with Gasteiger partial charge in [0.2, 0.25) is 11.8 Å². The lowest BCUT2D eigenvalue weighted by molar-refractivity contribution is -0.133. The Labute approximate surface area is 159 Å². The van der Waals surface area contributed by atoms with E-state index in [2.05, 4.69) is 17.2 Å². The molecule has 2 amide bonds. The van der Waals surface area contributed by atoms with Crippen LogP contribution in [0.2, 0.25) is 0 Å². The molecule has 2 aromatic rings. The molecule has 0 unspecified atom stereocenters. The zero-order chi connectivity index (χ0) is 18.9. The first-order valence-electron chi connectivity index (χ1n) is 9.77. The van der Waals surface area contributed by atoms with Crippen molar-refractivity contribution in [3.8, 4) is 0 Å². The van der Waals surface area contributed by atoms with Gasteiger partial charge in [-0.2, -0.15) is 0 Å². The van der Waals surface area contributed by atoms with Crippen LogP contribution in [0.25, 0.3) is 0 Å². The highest BCUT2D eigenvalue weighted by molar-refractivity contribution is 6.07. The van der Waals surface area contributed by atoms with E-state index in [1.165, 1.54) is 0 Å². The number of anilines is 1. The van der Waals surface area contributed by atoms with Gasteiger partial charge < -0.3 is 10.2 Å². The van der Waals surface area contributed by atoms with Crippen LogP contribution in [0.15, 0.2) is 48.7 Å². The number of amides is 2. The van der Waals surface area contributed by atoms with E-state index in [-0.39, 0.29) is 17.9 Å². The van der Waals surface area contributed by atoms with Gasteiger partial charge in [0.05, 0.1) is 11.5 Å². The van der Waals surface area contributed by atoms with Crippen LogP contribution < -0.4 is 5.32 Å². The van der Waals surface area contributed by atoms with Crippen LogP contribution in [-0.4, -0.2) is 34.3 Å². The van der Waals surface area contributed by atoms with E-state index < -0.39 is 5.41 Å². The molecule has 5 heteroatoms. The minimum atomic E-state index is -0.604. The van der Waals surface area contributed by atoms with Crippen molar-refractivity contribution in [2.75, 3.05) is 11.9 Å². The maximum absolute atomic E-state index is 13.0. The number of hydrogen-bond donors (Lipinski definition) is 1. The number of para-hydroxylation sites is 1. The first-order valence-corrected chi connectivity index (χ1v) is 9.77. The number of pyridine rings is 1. The molecule has 0 radical (unpaired) electrons. The number of nitrogens with one attached hydrogen (secondary N) is 1. The lowest BCUT2D eigenvalue weighted by atomic mass is 9.73. The predicted octanol–water partition coefficient (Wildman–Crippen LogP) is 3.31. The molecule has 2 atom stereocenters. The number of benzene rings is 1. The monoisotopic (exact) mass is 363 g/mol. The van der Waals surface area contributed by atoms with Crippen LogP contribution in [0, 0.1) is 0 Å². The summed E-state index contributed by atoms with van der Waals surface area (Å²) in [7, 11) is 0. The molecular weight excluding hydrogens is 338 g/mol. The summed E-state index contributed by atoms with van der Waals surface area (Å²) in [5.41, 5.74) is 2.27. The lowest BCUT2D eigenvalue weighted by Crippen LogP contribution is -2.48. The van der Waals surface area contributed by atoms with Crippen molar-refractivity contribution in [2.24, 2.45) is 0 Å². The Hall–Kier alpha value is -2.69. The third-order valence-electron chi connectivity index (χ3n) is 5.96. The topological polar surface area (TPSA) is 62.3 Å². The largest absolute Gasteiger partial charge is 0.338 e. The van der Waals surface area contributed by atoms with Crippen molar-refractivity contribution in [3.63, 3.8) is 0 Å². The van der Waals surface area contributed by atoms with Gasteiger partial charge in [0.15, 0.2) is 0 Å². The molecule has 1 aromatic carbocycles. The molecule has 1 aromatic heterocycles. The van der Waals surface area contributed by atoms with Gasteiger partial charge in [-0.05, 0) is 43.0 Å². The van der Waals surface area contributed by atoms with Crippen LogP contribution >= 0.6 is 0 Å². The van der Waals surface area contributed by atoms with Crippen LogP contribution in [0.5, 0.6) is 0 Å². The molecule has 140 valence electrons. The van der Waals surface area contributed by atoms with E-state index in [9.17, 15) is 9.59 Å². The Morgan fingerprint density at radius 1 is 1.26 bits per heavy atom. The molecule has 3 heterocycles. The van der Waals surface area contributed by atoms with Crippen LogP contribution in [-0.2, 0) is 21.4 Å². The second-order valence-electron chi connectivity index (χ2n) is 7.43. The van der Waals surface area contributed by atoms with Gasteiger partial charge in [-0.25, -0.2) is 0 Å². The summed E-state index contributed by atoms with van der Waals surface area (Å²) in [6, 6.07) is 13.6. The number of likely N-dealkylation sites (tertiary alicyclic amines) is 1. The van der Waals surface area contributed by atoms with E-state index >= 15 is 0 Å². The third-order valence-corrected chi connectivity index (χ3v) is 5.96. The highest BCUT2D eigenvalue weighted by Gasteiger charge is 2.58. The first-order chi connectivity index (χ1) is 13.2. The number of fused-ring (bicyclic) bond motifs is 2. The third kappa shape index (κ3) is 2.91. The standard InChI is InChI=1S/C22H25N3O2/c1-2-7-19-22(17-9-3-4-10-18(17)24-21(22)27)13-15-25(19)20(26)12-11-16-8-5-6-14-23-16/h3-6,8-10,14,19H,2,7,11-13,15H2,1H3,(H,24,27)/t19-,22+/m0/s1. The Bertz CT molecular complexity index is 852. The number of nitrogens with zero attached hydrogens (tertiary/aromatic N) is 2. The molecule has 1 N–H and O–H groups in total. The Kier molecular flexibility index (Phi) is 4.68. The summed E-state index contributed by atoms with van der Waals surface area (Å²) in [6.07, 6.45) is 5.27. The van der Waals surface area contributed by atoms with Crippen LogP contribution in [0.1, 0.15) is 43.9 Å². The molecule has 0 aliphatic carbocycles. The molecule has 27 heavy (non-hydrogen) atoms. The van der Waals surface area contributed by atoms with Gasteiger partial charge in [0.1, 0.15) is 0 Å². The van der Waals surface area contributed by atoms with Gasteiger partial charge >= 0.3 is 0 Å². The molecular formula is C22H25N3O2. The SMILES string of the molecule is CCC[C@@H]1N(C(=O)CCc2ccccn2)CC[C@]12C(=O)Nc1ccccc12. The van der Waals surface area contributed by atoms with E-state index in [1.807, 2.05) is 47.4 Å². The smallest absolute Gasteiger partial charge is 0.237 e. The number of carbonyl (C=O) groups is 2. The molecule has 0 saturated carbocycles. The van der Waals surface area contributed by atoms with E-state index in [1.54, 1.807) is 6.20 Å². The minimum Gasteiger partial charge on any atom is -0.338 e. The fraction of sp³-hybridized carbons (Fsp3) is 0.409. The quantitative estimate of drug-likeness (QED) is 0.886. The maximum Gasteiger partial charge on any atom is 0.237 e. The van der Waals surface area contributed by atoms with Gasteiger partial charge in [0, 0.05) is 30.5 Å². The zero-order valence-corrected chi connectivity index (χ0v) is 15.6. The number of aryl methyl sites for hydroxylation is 1. The molecule has 1 spiro atoms. The summed E-state index contributed by atoms with van der Waals surface area (Å²) in [6.45, 7) is 2.74. The predicted molar refractivity (Wildman–Crippen MR) is 104 cm³/mol. The van der Waals surface area contributed by atoms with Gasteiger partial charge in [-0.15, -0.1) is 0 Å². The normalized spacial score (nSPS) is 23.5. The fourth-order valence-corrected chi connectivity index (χ4v) is 4.70. The molecule has 1 fully saturated rings. The minimum absolute atomic E-state index is 0.0437. The molecule has 0 bridgehead atoms. The summed E-state index contributed by atoms with van der Waals surface area (Å²) in [5.74, 6) is 0.162. The summed E-state index contributed by atoms with van der Waals surface area (Å²) >= 11 is 0. The molecule has 1 saturated heterocycles. The van der Waals surface area contributed by atoms with Crippen molar-refractivity contribution in [3.05, 3.63) is 59.9 Å². The van der Waals surface area contributed by atoms with Gasteiger partial charge in [0.25, 0.3) is 0 Å². The second-order valence-corrected chi connectivity index (χ2v) is 7.43. The Morgan fingerprint density at radius 3 is 2.85 bits per heavy atom. The highest BCUT2D eigenvalue weighted by Crippen LogP contribution is 2.49. The maximum atomic E-state index is 13.0. The molecule has 4 rings (SSSR count). The highest BCUT2D eigenvalue weighted by atomic mass is 16.2. The molecule has 2 aliphatic heterocycles. The van der Waals surface area contributed by atoms with Crippen molar-refractivity contribution in [2.45, 2.75) is 50.5 Å². The van der Waals surface area contributed by atoms with Crippen LogP contribution in [0.4, 0.5) is 5.69 Å². The number of aromatic nitrogens is 1. The summed E-state index contributed by atoms with van der Waals surface area (Å²) < 4.78 is 0. The van der Waals surface area contributed by atoms with Crippen molar-refractivity contribution in [1.29, 1.82) is 0 Å². The Balaban J connectivity index is 1.58. The average molecular weight is 363 g/mol. The van der Waals surface area contributed by atoms with E-state index in [4.69, 9.17) is 0 Å². The second kappa shape index (κ2) is 7.14. The van der Waals surface area contributed by atoms with Crippen molar-refractivity contribution in [1.82, 2.24) is 9.88 Å². The van der Waals surface area contributed by atoms with Gasteiger partial charge in [-0.1, -0.05) is 37.6 Å².